The van der Waals surface area contributed by atoms with E-state index in [2.05, 4.69) is 25.4 Å². The van der Waals surface area contributed by atoms with E-state index in [1.54, 1.807) is 18.4 Å². The van der Waals surface area contributed by atoms with Crippen LogP contribution in [-0.4, -0.2) is 56.1 Å². The van der Waals surface area contributed by atoms with Gasteiger partial charge in [0.25, 0.3) is 0 Å². The van der Waals surface area contributed by atoms with E-state index in [1.165, 1.54) is 13.3 Å². The lowest BCUT2D eigenvalue weighted by Crippen LogP contribution is -2.34. The zero-order valence-corrected chi connectivity index (χ0v) is 21.0. The summed E-state index contributed by atoms with van der Waals surface area (Å²) in [6, 6.07) is -0.792. The third-order valence-corrected chi connectivity index (χ3v) is 5.95. The fourth-order valence-corrected chi connectivity index (χ4v) is 4.42. The van der Waals surface area contributed by atoms with Crippen LogP contribution >= 0.6 is 8.18 Å². The van der Waals surface area contributed by atoms with Gasteiger partial charge in [-0.05, 0) is 39.2 Å². The number of hydrogen-bond donors (Lipinski definition) is 3. The molecule has 188 valence electrons. The number of aromatic nitrogens is 4. The molecule has 2 aromatic rings. The van der Waals surface area contributed by atoms with Crippen molar-refractivity contribution in [2.45, 2.75) is 78.2 Å². The Morgan fingerprint density at radius 2 is 2.09 bits per heavy atom. The predicted molar refractivity (Wildman–Crippen MR) is 124 cm³/mol. The summed E-state index contributed by atoms with van der Waals surface area (Å²) in [5.41, 5.74) is 6.77. The van der Waals surface area contributed by atoms with E-state index >= 15 is 4.39 Å². The highest BCUT2D eigenvalue weighted by Gasteiger charge is 2.49. The first kappa shape index (κ1) is 26.1. The van der Waals surface area contributed by atoms with Crippen LogP contribution in [-0.2, 0) is 23.4 Å². The zero-order chi connectivity index (χ0) is 25.2. The van der Waals surface area contributed by atoms with Crippen molar-refractivity contribution in [1.29, 1.82) is 0 Å². The molecule has 0 bridgehead atoms. The molecule has 0 aromatic carbocycles. The van der Waals surface area contributed by atoms with Gasteiger partial charge in [0.15, 0.2) is 23.6 Å². The minimum absolute atomic E-state index is 0.0108. The number of nitrogen functional groups attached to an aromatic ring is 1. The van der Waals surface area contributed by atoms with Crippen molar-refractivity contribution in [2.24, 2.45) is 5.92 Å². The molecule has 0 amide bonds. The summed E-state index contributed by atoms with van der Waals surface area (Å²) < 4.78 is 45.1. The van der Waals surface area contributed by atoms with Gasteiger partial charge in [0.2, 0.25) is 11.8 Å². The van der Waals surface area contributed by atoms with Gasteiger partial charge in [-0.1, -0.05) is 12.0 Å². The molecule has 1 aliphatic heterocycles. The second-order valence-electron chi connectivity index (χ2n) is 8.99. The number of ether oxygens (including phenoxy) is 2. The molecular weight excluding hydrogens is 468 g/mol. The molecule has 2 aromatic heterocycles. The first-order chi connectivity index (χ1) is 15.9. The van der Waals surface area contributed by atoms with Crippen LogP contribution in [0.5, 0.6) is 0 Å². The quantitative estimate of drug-likeness (QED) is 0.325. The largest absolute Gasteiger partial charge is 0.614 e. The topological polar surface area (TPSA) is 156 Å². The molecule has 3 heterocycles. The van der Waals surface area contributed by atoms with Crippen molar-refractivity contribution in [3.05, 3.63) is 6.33 Å². The average molecular weight is 500 g/mol. The summed E-state index contributed by atoms with van der Waals surface area (Å²) in [5, 5.41) is 5.64. The van der Waals surface area contributed by atoms with Crippen molar-refractivity contribution >= 4 is 37.1 Å². The number of nitrogens with two attached hydrogens (primary N) is 1. The fourth-order valence-electron chi connectivity index (χ4n) is 3.62. The van der Waals surface area contributed by atoms with E-state index < -0.39 is 38.9 Å². The van der Waals surface area contributed by atoms with Gasteiger partial charge >= 0.3 is 14.1 Å². The molecule has 4 N–H and O–H groups in total. The maximum Gasteiger partial charge on any atom is 0.614 e. The van der Waals surface area contributed by atoms with E-state index in [0.717, 1.165) is 0 Å². The summed E-state index contributed by atoms with van der Waals surface area (Å²) in [7, 11) is -2.53. The van der Waals surface area contributed by atoms with Gasteiger partial charge in [0.05, 0.1) is 12.4 Å². The average Bonchev–Trinajstić information content (AvgIpc) is 3.26. The lowest BCUT2D eigenvalue weighted by atomic mass is 10.1. The standard InChI is InChI=1S/C20H32FN7O5P/c1-10(2)24-15-14-16(26-19(22)25-15)28(9-23-14)17-12(5)7-20(21,33-17)8-31-34(30)27-13(6)18(29)32-11(3)4/h9-13,17H,7-8H2,1-6H3,(H,27,30)(H3,22,24,25,26)/q+1/t12-,13-,17+,20-/m0/s1. The van der Waals surface area contributed by atoms with E-state index in [1.807, 2.05) is 20.8 Å². The summed E-state index contributed by atoms with van der Waals surface area (Å²) >= 11 is 0. The molecular formula is C20H32FN7O5P+. The number of anilines is 2. The number of fused-ring (bicyclic) bond motifs is 1. The number of halogens is 1. The zero-order valence-electron chi connectivity index (χ0n) is 20.1. The summed E-state index contributed by atoms with van der Waals surface area (Å²) in [5.74, 6) is -2.54. The molecule has 12 nitrogen and oxygen atoms in total. The number of imidazole rings is 1. The van der Waals surface area contributed by atoms with Gasteiger partial charge in [0.1, 0.15) is 12.3 Å². The number of nitrogens with zero attached hydrogens (tertiary/aromatic N) is 4. The van der Waals surface area contributed by atoms with E-state index in [4.69, 9.17) is 19.7 Å². The second kappa shape index (κ2) is 10.4. The van der Waals surface area contributed by atoms with Gasteiger partial charge in [-0.25, -0.2) is 9.37 Å². The first-order valence-electron chi connectivity index (χ1n) is 11.1. The van der Waals surface area contributed by atoms with Crippen molar-refractivity contribution in [1.82, 2.24) is 24.6 Å². The third-order valence-electron chi connectivity index (χ3n) is 4.99. The van der Waals surface area contributed by atoms with Crippen LogP contribution in [0.15, 0.2) is 6.33 Å². The molecule has 1 saturated heterocycles. The molecule has 0 radical (unpaired) electrons. The van der Waals surface area contributed by atoms with Gasteiger partial charge in [0, 0.05) is 18.4 Å². The molecule has 1 fully saturated rings. The molecule has 0 spiro atoms. The Balaban J connectivity index is 1.68. The van der Waals surface area contributed by atoms with Crippen molar-refractivity contribution in [3.63, 3.8) is 0 Å². The fraction of sp³-hybridized carbons (Fsp3) is 0.700. The summed E-state index contributed by atoms with van der Waals surface area (Å²) in [6.07, 6.45) is 0.434. The number of alkyl halides is 1. The van der Waals surface area contributed by atoms with Crippen LogP contribution in [0.4, 0.5) is 16.2 Å². The predicted octanol–water partition coefficient (Wildman–Crippen LogP) is 3.05. The summed E-state index contributed by atoms with van der Waals surface area (Å²) in [6.45, 7) is 10.0. The van der Waals surface area contributed by atoms with Gasteiger partial charge in [-0.15, -0.1) is 4.52 Å². The normalized spacial score (nSPS) is 24.1. The molecule has 1 aliphatic rings. The number of carbonyl (C=O) groups is 1. The second-order valence-corrected chi connectivity index (χ2v) is 10.0. The minimum Gasteiger partial charge on any atom is -0.462 e. The Labute approximate surface area is 198 Å². The molecule has 5 atom stereocenters. The Hall–Kier alpha value is -2.47. The molecule has 0 saturated carbocycles. The van der Waals surface area contributed by atoms with E-state index in [-0.39, 0.29) is 30.4 Å². The number of nitrogens with one attached hydrogen (secondary N) is 2. The highest BCUT2D eigenvalue weighted by atomic mass is 31.1. The maximum absolute atomic E-state index is 15.5. The molecule has 14 heteroatoms. The lowest BCUT2D eigenvalue weighted by molar-refractivity contribution is -0.172. The highest BCUT2D eigenvalue weighted by Crippen LogP contribution is 2.44. The SMILES string of the molecule is CC(C)Nc1nc(N)nc2c1ncn2[C@@H]1O[C@](F)(CO[P+](=O)N[C@@H](C)C(=O)OC(C)C)C[C@@H]1C. The van der Waals surface area contributed by atoms with E-state index in [0.29, 0.717) is 17.0 Å². The summed E-state index contributed by atoms with van der Waals surface area (Å²) in [4.78, 5) is 24.7. The van der Waals surface area contributed by atoms with Gasteiger partial charge in [-0.2, -0.15) is 9.97 Å². The highest BCUT2D eigenvalue weighted by molar-refractivity contribution is 7.36. The van der Waals surface area contributed by atoms with E-state index in [9.17, 15) is 9.36 Å². The molecule has 34 heavy (non-hydrogen) atoms. The molecule has 3 rings (SSSR count). The van der Waals surface area contributed by atoms with Crippen LogP contribution in [0, 0.1) is 5.92 Å². The Bertz CT molecular complexity index is 1050. The van der Waals surface area contributed by atoms with Crippen molar-refractivity contribution < 1.29 is 27.7 Å². The number of rotatable bonds is 10. The Kier molecular flexibility index (Phi) is 8.02. The van der Waals surface area contributed by atoms with Crippen LogP contribution in [0.1, 0.15) is 54.2 Å². The van der Waals surface area contributed by atoms with Gasteiger partial charge < -0.3 is 20.5 Å². The van der Waals surface area contributed by atoms with Crippen molar-refractivity contribution in [3.8, 4) is 0 Å². The maximum atomic E-state index is 15.5. The number of esters is 1. The Morgan fingerprint density at radius 1 is 1.38 bits per heavy atom. The molecule has 0 aliphatic carbocycles. The Morgan fingerprint density at radius 3 is 2.74 bits per heavy atom. The monoisotopic (exact) mass is 500 g/mol. The molecule has 1 unspecified atom stereocenters. The number of carbonyl (C=O) groups excluding carboxylic acids is 1. The smallest absolute Gasteiger partial charge is 0.462 e. The third kappa shape index (κ3) is 6.15. The minimum atomic E-state index is -2.53. The first-order valence-corrected chi connectivity index (χ1v) is 12.3. The van der Waals surface area contributed by atoms with Crippen LogP contribution in [0.2, 0.25) is 0 Å². The van der Waals surface area contributed by atoms with Crippen LogP contribution in [0.3, 0.4) is 0 Å². The lowest BCUT2D eigenvalue weighted by Gasteiger charge is -2.19. The van der Waals surface area contributed by atoms with Gasteiger partial charge in [-0.3, -0.25) is 9.36 Å². The van der Waals surface area contributed by atoms with Crippen LogP contribution in [0.25, 0.3) is 11.2 Å². The number of hydrogen-bond acceptors (Lipinski definition) is 10. The van der Waals surface area contributed by atoms with Crippen molar-refractivity contribution in [2.75, 3.05) is 17.7 Å². The van der Waals surface area contributed by atoms with Crippen LogP contribution < -0.4 is 16.1 Å².